The largest absolute Gasteiger partial charge is 0.491 e. The molecule has 0 aliphatic heterocycles. The summed E-state index contributed by atoms with van der Waals surface area (Å²) < 4.78 is 56.9. The lowest BCUT2D eigenvalue weighted by Crippen LogP contribution is -2.15. The fourth-order valence-electron chi connectivity index (χ4n) is 1.16. The smallest absolute Gasteiger partial charge is 0.267 e. The lowest BCUT2D eigenvalue weighted by Gasteiger charge is -2.12. The number of sulfonamides is 1. The molecule has 96 valence electrons. The lowest BCUT2D eigenvalue weighted by molar-refractivity contribution is 0.145. The van der Waals surface area contributed by atoms with Crippen LogP contribution in [0.1, 0.15) is 12.0 Å². The third kappa shape index (κ3) is 2.80. The average Bonchev–Trinajstić information content (AvgIpc) is 2.25. The molecule has 1 heterocycles. The Morgan fingerprint density at radius 1 is 1.35 bits per heavy atom. The summed E-state index contributed by atoms with van der Waals surface area (Å²) in [5, 5.41) is 4.11. The average molecular weight is 268 g/mol. The van der Waals surface area contributed by atoms with Crippen molar-refractivity contribution in [3.63, 3.8) is 0 Å². The fourth-order valence-corrected chi connectivity index (χ4v) is 1.66. The van der Waals surface area contributed by atoms with E-state index in [0.29, 0.717) is 6.07 Å². The quantitative estimate of drug-likeness (QED) is 0.867. The lowest BCUT2D eigenvalue weighted by atomic mass is 10.2. The molecule has 0 radical (unpaired) electrons. The minimum Gasteiger partial charge on any atom is -0.491 e. The zero-order chi connectivity index (χ0) is 13.2. The molecule has 1 rings (SSSR count). The van der Waals surface area contributed by atoms with Crippen molar-refractivity contribution >= 4 is 10.0 Å². The van der Waals surface area contributed by atoms with Gasteiger partial charge in [0.2, 0.25) is 0 Å². The number of aromatic nitrogens is 1. The highest BCUT2D eigenvalue weighted by molar-refractivity contribution is 7.89. The summed E-state index contributed by atoms with van der Waals surface area (Å²) in [6.07, 6.45) is -2.94. The monoisotopic (exact) mass is 268 g/mol. The number of rotatable bonds is 4. The van der Waals surface area contributed by atoms with Gasteiger partial charge in [-0.25, -0.2) is 22.3 Å². The summed E-state index contributed by atoms with van der Waals surface area (Å²) >= 11 is 0. The summed E-state index contributed by atoms with van der Waals surface area (Å²) in [6, 6.07) is 0.654. The third-order valence-corrected chi connectivity index (χ3v) is 2.66. The molecule has 9 heteroatoms. The molecule has 0 aliphatic rings. The van der Waals surface area contributed by atoms with E-state index in [4.69, 9.17) is 9.88 Å². The summed E-state index contributed by atoms with van der Waals surface area (Å²) in [7, 11) is -1.91. The number of methoxy groups -OCH3 is 2. The zero-order valence-electron chi connectivity index (χ0n) is 8.98. The summed E-state index contributed by atoms with van der Waals surface area (Å²) in [5.41, 5.74) is -0.650. The van der Waals surface area contributed by atoms with E-state index in [-0.39, 0.29) is 11.6 Å². The van der Waals surface area contributed by atoms with E-state index >= 15 is 0 Å². The van der Waals surface area contributed by atoms with Gasteiger partial charge in [0.05, 0.1) is 19.8 Å². The molecule has 17 heavy (non-hydrogen) atoms. The molecule has 2 N–H and O–H groups in total. The Balaban J connectivity index is 3.57. The number of pyridine rings is 1. The van der Waals surface area contributed by atoms with Crippen LogP contribution < -0.4 is 14.6 Å². The Morgan fingerprint density at radius 2 is 1.94 bits per heavy atom. The Kier molecular flexibility index (Phi) is 3.83. The Labute approximate surface area is 96.4 Å². The first kappa shape index (κ1) is 13.6. The Morgan fingerprint density at radius 3 is 2.29 bits per heavy atom. The molecule has 0 saturated carbocycles. The van der Waals surface area contributed by atoms with Gasteiger partial charge in [0.1, 0.15) is 0 Å². The SMILES string of the molecule is COc1nc(S(N)(=O)=O)cc(C(F)F)c1OC. The third-order valence-electron chi connectivity index (χ3n) is 1.87. The van der Waals surface area contributed by atoms with Gasteiger partial charge in [0.15, 0.2) is 10.8 Å². The summed E-state index contributed by atoms with van der Waals surface area (Å²) in [5.74, 6) is -0.691. The highest BCUT2D eigenvalue weighted by Crippen LogP contribution is 2.36. The predicted molar refractivity (Wildman–Crippen MR) is 53.7 cm³/mol. The second-order valence-corrected chi connectivity index (χ2v) is 4.45. The van der Waals surface area contributed by atoms with E-state index in [9.17, 15) is 17.2 Å². The summed E-state index contributed by atoms with van der Waals surface area (Å²) in [4.78, 5) is 3.48. The number of halogens is 2. The fraction of sp³-hybridized carbons (Fsp3) is 0.375. The van der Waals surface area contributed by atoms with Crippen molar-refractivity contribution in [3.8, 4) is 11.6 Å². The van der Waals surface area contributed by atoms with E-state index in [1.807, 2.05) is 0 Å². The van der Waals surface area contributed by atoms with Gasteiger partial charge >= 0.3 is 0 Å². The van der Waals surface area contributed by atoms with Crippen LogP contribution in [0.15, 0.2) is 11.1 Å². The molecule has 0 atom stereocenters. The number of ether oxygens (including phenoxy) is 2. The van der Waals surface area contributed by atoms with E-state index in [1.54, 1.807) is 0 Å². The maximum atomic E-state index is 12.7. The number of hydrogen-bond donors (Lipinski definition) is 1. The first-order valence-corrected chi connectivity index (χ1v) is 5.79. The molecule has 6 nitrogen and oxygen atoms in total. The van der Waals surface area contributed by atoms with Crippen LogP contribution in [0.5, 0.6) is 11.6 Å². The maximum absolute atomic E-state index is 12.7. The second-order valence-electron chi connectivity index (χ2n) is 2.94. The molecule has 0 spiro atoms. The van der Waals surface area contributed by atoms with Gasteiger partial charge in [0, 0.05) is 0 Å². The number of primary sulfonamides is 1. The number of alkyl halides is 2. The second kappa shape index (κ2) is 4.80. The molecule has 0 bridgehead atoms. The van der Waals surface area contributed by atoms with E-state index in [1.165, 1.54) is 0 Å². The topological polar surface area (TPSA) is 91.5 Å². The van der Waals surface area contributed by atoms with Crippen molar-refractivity contribution in [2.45, 2.75) is 11.5 Å². The van der Waals surface area contributed by atoms with Crippen LogP contribution in [0.3, 0.4) is 0 Å². The molecule has 1 aromatic rings. The van der Waals surface area contributed by atoms with Gasteiger partial charge in [-0.1, -0.05) is 0 Å². The Hall–Kier alpha value is -1.48. The number of nitrogens with zero attached hydrogens (tertiary/aromatic N) is 1. The van der Waals surface area contributed by atoms with Crippen molar-refractivity contribution in [2.75, 3.05) is 14.2 Å². The van der Waals surface area contributed by atoms with E-state index < -0.39 is 27.0 Å². The maximum Gasteiger partial charge on any atom is 0.267 e. The first-order chi connectivity index (χ1) is 7.81. The normalized spacial score (nSPS) is 11.6. The van der Waals surface area contributed by atoms with Crippen LogP contribution in [-0.2, 0) is 10.0 Å². The van der Waals surface area contributed by atoms with Gasteiger partial charge < -0.3 is 9.47 Å². The van der Waals surface area contributed by atoms with Crippen molar-refractivity contribution in [1.29, 1.82) is 0 Å². The molecule has 0 aliphatic carbocycles. The van der Waals surface area contributed by atoms with Crippen LogP contribution in [0.25, 0.3) is 0 Å². The standard InChI is InChI=1S/C8H10F2N2O4S/c1-15-6-4(7(9)10)3-5(17(11,13)14)12-8(6)16-2/h3,7H,1-2H3,(H2,11,13,14). The minimum atomic E-state index is -4.20. The minimum absolute atomic E-state index is 0.324. The summed E-state index contributed by atoms with van der Waals surface area (Å²) in [6.45, 7) is 0. The van der Waals surface area contributed by atoms with Gasteiger partial charge in [-0.3, -0.25) is 0 Å². The van der Waals surface area contributed by atoms with E-state index in [0.717, 1.165) is 14.2 Å². The van der Waals surface area contributed by atoms with Crippen molar-refractivity contribution < 1.29 is 26.7 Å². The Bertz CT molecular complexity index is 519. The molecule has 0 fully saturated rings. The molecule has 1 aromatic heterocycles. The zero-order valence-corrected chi connectivity index (χ0v) is 9.79. The van der Waals surface area contributed by atoms with Crippen molar-refractivity contribution in [3.05, 3.63) is 11.6 Å². The molecule has 0 amide bonds. The van der Waals surface area contributed by atoms with Crippen molar-refractivity contribution in [2.24, 2.45) is 5.14 Å². The molecular formula is C8H10F2N2O4S. The van der Waals surface area contributed by atoms with Gasteiger partial charge in [-0.05, 0) is 6.07 Å². The van der Waals surface area contributed by atoms with Gasteiger partial charge in [-0.15, -0.1) is 0 Å². The number of nitrogens with two attached hydrogens (primary N) is 1. The highest BCUT2D eigenvalue weighted by atomic mass is 32.2. The number of hydrogen-bond acceptors (Lipinski definition) is 5. The first-order valence-electron chi connectivity index (χ1n) is 4.25. The highest BCUT2D eigenvalue weighted by Gasteiger charge is 2.24. The van der Waals surface area contributed by atoms with Crippen molar-refractivity contribution in [1.82, 2.24) is 4.98 Å². The van der Waals surface area contributed by atoms with Gasteiger partial charge in [-0.2, -0.15) is 4.98 Å². The predicted octanol–water partition coefficient (Wildman–Crippen LogP) is 0.684. The van der Waals surface area contributed by atoms with E-state index in [2.05, 4.69) is 9.72 Å². The van der Waals surface area contributed by atoms with Crippen LogP contribution in [-0.4, -0.2) is 27.6 Å². The van der Waals surface area contributed by atoms with Crippen LogP contribution >= 0.6 is 0 Å². The van der Waals surface area contributed by atoms with Crippen LogP contribution in [0.4, 0.5) is 8.78 Å². The molecule has 0 aromatic carbocycles. The van der Waals surface area contributed by atoms with Gasteiger partial charge in [0.25, 0.3) is 22.3 Å². The van der Waals surface area contributed by atoms with Crippen LogP contribution in [0.2, 0.25) is 0 Å². The molecular weight excluding hydrogens is 258 g/mol. The molecule has 0 unspecified atom stereocenters. The van der Waals surface area contributed by atoms with Crippen LogP contribution in [0, 0.1) is 0 Å². The molecule has 0 saturated heterocycles.